The Morgan fingerprint density at radius 1 is 1.89 bits per heavy atom. The van der Waals surface area contributed by atoms with Crippen LogP contribution in [0.3, 0.4) is 0 Å². The minimum absolute atomic E-state index is 0.141. The van der Waals surface area contributed by atoms with Crippen molar-refractivity contribution in [3.05, 3.63) is 12.7 Å². The Bertz CT molecular complexity index is 107. The average molecular weight is 128 g/mol. The summed E-state index contributed by atoms with van der Waals surface area (Å²) >= 11 is 0. The van der Waals surface area contributed by atoms with E-state index in [1.165, 1.54) is 0 Å². The standard InChI is InChI=1S/C7H12O2/c1-3-6(4-2)5-7(8)9/h3,6H,1,4-5H2,2H3,(H,8,9)/t6-/m0/s1. The lowest BCUT2D eigenvalue weighted by Crippen LogP contribution is -2.03. The Labute approximate surface area is 55.2 Å². The zero-order valence-corrected chi connectivity index (χ0v) is 5.63. The van der Waals surface area contributed by atoms with Crippen LogP contribution in [-0.2, 0) is 4.79 Å². The van der Waals surface area contributed by atoms with Crippen molar-refractivity contribution in [2.24, 2.45) is 5.92 Å². The number of hydrogen-bond acceptors (Lipinski definition) is 1. The van der Waals surface area contributed by atoms with Gasteiger partial charge in [-0.1, -0.05) is 13.0 Å². The van der Waals surface area contributed by atoms with Crippen LogP contribution < -0.4 is 0 Å². The van der Waals surface area contributed by atoms with Gasteiger partial charge >= 0.3 is 5.97 Å². The van der Waals surface area contributed by atoms with Crippen molar-refractivity contribution >= 4 is 5.97 Å². The van der Waals surface area contributed by atoms with Gasteiger partial charge in [0.1, 0.15) is 0 Å². The quantitative estimate of drug-likeness (QED) is 0.585. The average Bonchev–Trinajstić information content (AvgIpc) is 1.82. The molecule has 0 saturated heterocycles. The Balaban J connectivity index is 3.55. The van der Waals surface area contributed by atoms with Gasteiger partial charge in [0.25, 0.3) is 0 Å². The molecule has 9 heavy (non-hydrogen) atoms. The topological polar surface area (TPSA) is 37.3 Å². The lowest BCUT2D eigenvalue weighted by atomic mass is 10.0. The van der Waals surface area contributed by atoms with Crippen molar-refractivity contribution in [3.8, 4) is 0 Å². The van der Waals surface area contributed by atoms with E-state index >= 15 is 0 Å². The lowest BCUT2D eigenvalue weighted by molar-refractivity contribution is -0.137. The zero-order chi connectivity index (χ0) is 7.28. The third kappa shape index (κ3) is 3.76. The predicted octanol–water partition coefficient (Wildman–Crippen LogP) is 1.67. The van der Waals surface area contributed by atoms with E-state index in [-0.39, 0.29) is 12.3 Å². The summed E-state index contributed by atoms with van der Waals surface area (Å²) in [6, 6.07) is 0. The van der Waals surface area contributed by atoms with Crippen LogP contribution in [0.4, 0.5) is 0 Å². The van der Waals surface area contributed by atoms with Gasteiger partial charge in [-0.05, 0) is 12.3 Å². The van der Waals surface area contributed by atoms with Crippen LogP contribution in [0, 0.1) is 5.92 Å². The second-order valence-electron chi connectivity index (χ2n) is 2.00. The fourth-order valence-electron chi connectivity index (χ4n) is 0.619. The van der Waals surface area contributed by atoms with Crippen molar-refractivity contribution in [2.45, 2.75) is 19.8 Å². The number of carbonyl (C=O) groups is 1. The van der Waals surface area contributed by atoms with Gasteiger partial charge in [0.05, 0.1) is 6.42 Å². The van der Waals surface area contributed by atoms with Gasteiger partial charge < -0.3 is 5.11 Å². The third-order valence-electron chi connectivity index (χ3n) is 1.29. The molecular formula is C7H12O2. The van der Waals surface area contributed by atoms with Gasteiger partial charge in [0, 0.05) is 0 Å². The maximum absolute atomic E-state index is 10.1. The molecule has 0 amide bonds. The van der Waals surface area contributed by atoms with Crippen LogP contribution in [0.5, 0.6) is 0 Å². The summed E-state index contributed by atoms with van der Waals surface area (Å²) in [7, 11) is 0. The summed E-state index contributed by atoms with van der Waals surface area (Å²) < 4.78 is 0. The fraction of sp³-hybridized carbons (Fsp3) is 0.571. The number of rotatable bonds is 4. The normalized spacial score (nSPS) is 12.6. The molecule has 2 heteroatoms. The molecule has 0 aliphatic heterocycles. The smallest absolute Gasteiger partial charge is 0.303 e. The van der Waals surface area contributed by atoms with Crippen molar-refractivity contribution in [1.29, 1.82) is 0 Å². The molecular weight excluding hydrogens is 116 g/mol. The molecule has 0 saturated carbocycles. The molecule has 0 aromatic rings. The summed E-state index contributed by atoms with van der Waals surface area (Å²) in [6.07, 6.45) is 2.75. The Morgan fingerprint density at radius 2 is 2.44 bits per heavy atom. The van der Waals surface area contributed by atoms with Crippen molar-refractivity contribution in [2.75, 3.05) is 0 Å². The lowest BCUT2D eigenvalue weighted by Gasteiger charge is -2.02. The van der Waals surface area contributed by atoms with Gasteiger partial charge in [-0.25, -0.2) is 0 Å². The van der Waals surface area contributed by atoms with E-state index in [0.29, 0.717) is 0 Å². The van der Waals surface area contributed by atoms with Crippen LogP contribution in [0.1, 0.15) is 19.8 Å². The van der Waals surface area contributed by atoms with Gasteiger partial charge in [-0.2, -0.15) is 0 Å². The first-order chi connectivity index (χ1) is 4.20. The largest absolute Gasteiger partial charge is 0.481 e. The molecule has 0 aliphatic rings. The molecule has 0 aromatic carbocycles. The zero-order valence-electron chi connectivity index (χ0n) is 5.63. The summed E-state index contributed by atoms with van der Waals surface area (Å²) in [4.78, 5) is 10.1. The number of hydrogen-bond donors (Lipinski definition) is 1. The van der Waals surface area contributed by atoms with Crippen molar-refractivity contribution in [3.63, 3.8) is 0 Å². The summed E-state index contributed by atoms with van der Waals surface area (Å²) in [5, 5.41) is 8.30. The van der Waals surface area contributed by atoms with E-state index in [1.54, 1.807) is 6.08 Å². The van der Waals surface area contributed by atoms with Crippen molar-refractivity contribution in [1.82, 2.24) is 0 Å². The highest BCUT2D eigenvalue weighted by molar-refractivity contribution is 5.67. The van der Waals surface area contributed by atoms with Gasteiger partial charge in [-0.3, -0.25) is 4.79 Å². The van der Waals surface area contributed by atoms with E-state index in [1.807, 2.05) is 6.92 Å². The predicted molar refractivity (Wildman–Crippen MR) is 36.2 cm³/mol. The first-order valence-electron chi connectivity index (χ1n) is 3.05. The van der Waals surface area contributed by atoms with Crippen LogP contribution in [0.15, 0.2) is 12.7 Å². The molecule has 52 valence electrons. The molecule has 1 N–H and O–H groups in total. The molecule has 0 aliphatic carbocycles. The summed E-state index contributed by atoms with van der Waals surface area (Å²) in [5.41, 5.74) is 0. The minimum Gasteiger partial charge on any atom is -0.481 e. The van der Waals surface area contributed by atoms with E-state index in [2.05, 4.69) is 6.58 Å². The van der Waals surface area contributed by atoms with Gasteiger partial charge in [0.2, 0.25) is 0 Å². The maximum atomic E-state index is 10.1. The first kappa shape index (κ1) is 8.21. The van der Waals surface area contributed by atoms with Crippen LogP contribution >= 0.6 is 0 Å². The Kier molecular flexibility index (Phi) is 3.76. The number of carboxylic acid groups (broad SMARTS) is 1. The van der Waals surface area contributed by atoms with E-state index < -0.39 is 5.97 Å². The molecule has 0 radical (unpaired) electrons. The molecule has 0 spiro atoms. The first-order valence-corrected chi connectivity index (χ1v) is 3.05. The molecule has 1 atom stereocenters. The monoisotopic (exact) mass is 128 g/mol. The molecule has 0 heterocycles. The van der Waals surface area contributed by atoms with Crippen LogP contribution in [-0.4, -0.2) is 11.1 Å². The Hall–Kier alpha value is -0.790. The van der Waals surface area contributed by atoms with Crippen LogP contribution in [0.2, 0.25) is 0 Å². The molecule has 0 unspecified atom stereocenters. The molecule has 2 nitrogen and oxygen atoms in total. The van der Waals surface area contributed by atoms with E-state index in [9.17, 15) is 4.79 Å². The number of carboxylic acids is 1. The molecule has 0 rings (SSSR count). The highest BCUT2D eigenvalue weighted by atomic mass is 16.4. The van der Waals surface area contributed by atoms with Gasteiger partial charge in [-0.15, -0.1) is 6.58 Å². The molecule has 0 bridgehead atoms. The second-order valence-corrected chi connectivity index (χ2v) is 2.00. The SMILES string of the molecule is C=C[C@@H](CC)CC(=O)O. The summed E-state index contributed by atoms with van der Waals surface area (Å²) in [5.74, 6) is -0.607. The fourth-order valence-corrected chi connectivity index (χ4v) is 0.619. The summed E-state index contributed by atoms with van der Waals surface area (Å²) in [6.45, 7) is 5.48. The number of allylic oxidation sites excluding steroid dienone is 1. The molecule has 0 fully saturated rings. The maximum Gasteiger partial charge on any atom is 0.303 e. The second kappa shape index (κ2) is 4.13. The highest BCUT2D eigenvalue weighted by Crippen LogP contribution is 2.07. The third-order valence-corrected chi connectivity index (χ3v) is 1.29. The van der Waals surface area contributed by atoms with Gasteiger partial charge in [0.15, 0.2) is 0 Å². The molecule has 0 aromatic heterocycles. The van der Waals surface area contributed by atoms with E-state index in [4.69, 9.17) is 5.11 Å². The minimum atomic E-state index is -0.748. The van der Waals surface area contributed by atoms with Crippen molar-refractivity contribution < 1.29 is 9.90 Å². The number of aliphatic carboxylic acids is 1. The van der Waals surface area contributed by atoms with E-state index in [0.717, 1.165) is 6.42 Å². The Morgan fingerprint density at radius 3 is 2.56 bits per heavy atom. The highest BCUT2D eigenvalue weighted by Gasteiger charge is 2.05. The van der Waals surface area contributed by atoms with Crippen LogP contribution in [0.25, 0.3) is 0 Å².